The Morgan fingerprint density at radius 1 is 0.292 bits per heavy atom. The Labute approximate surface area is 447 Å². The van der Waals surface area contributed by atoms with Crippen LogP contribution in [0.3, 0.4) is 0 Å². The van der Waals surface area contributed by atoms with Gasteiger partial charge in [0.05, 0.1) is 6.42 Å². The Balaban J connectivity index is 3.91. The Kier molecular flexibility index (Phi) is 58.2. The van der Waals surface area contributed by atoms with E-state index in [-0.39, 0.29) is 31.6 Å². The quantitative estimate of drug-likeness (QED) is 0.0261. The van der Waals surface area contributed by atoms with Gasteiger partial charge in [0.2, 0.25) is 0 Å². The van der Waals surface area contributed by atoms with Gasteiger partial charge in [-0.1, -0.05) is 319 Å². The molecule has 0 N–H and O–H groups in total. The van der Waals surface area contributed by atoms with E-state index >= 15 is 0 Å². The summed E-state index contributed by atoms with van der Waals surface area (Å²) in [6.45, 7) is 6.38. The fourth-order valence-electron chi connectivity index (χ4n) is 9.17. The van der Waals surface area contributed by atoms with E-state index in [2.05, 4.69) is 69.4 Å². The van der Waals surface area contributed by atoms with Crippen molar-refractivity contribution < 1.29 is 28.6 Å². The average molecular weight is 1010 g/mol. The van der Waals surface area contributed by atoms with Crippen molar-refractivity contribution in [3.05, 3.63) is 60.8 Å². The van der Waals surface area contributed by atoms with Crippen molar-refractivity contribution >= 4 is 17.9 Å². The molecule has 6 nitrogen and oxygen atoms in total. The first kappa shape index (κ1) is 69.1. The first-order valence-electron chi connectivity index (χ1n) is 31.3. The minimum Gasteiger partial charge on any atom is -0.462 e. The van der Waals surface area contributed by atoms with Crippen LogP contribution in [0.2, 0.25) is 0 Å². The van der Waals surface area contributed by atoms with Gasteiger partial charge in [0.15, 0.2) is 6.10 Å². The topological polar surface area (TPSA) is 78.9 Å². The summed E-state index contributed by atoms with van der Waals surface area (Å²) in [5.41, 5.74) is 0. The molecule has 0 rings (SSSR count). The maximum Gasteiger partial charge on any atom is 0.310 e. The SMILES string of the molecule is CC/C=C\C/C=C\C/C=C\C/C=C\C/C=C\CC(=O)OC(COC(=O)CCCCCCC)COC(=O)CCCCCCCCCCCCCCCCCCCCCCCCCCCCCCCCCCCC. The third kappa shape index (κ3) is 58.0. The summed E-state index contributed by atoms with van der Waals surface area (Å²) < 4.78 is 16.6. The molecule has 0 fully saturated rings. The lowest BCUT2D eigenvalue weighted by atomic mass is 10.0. The number of hydrogen-bond acceptors (Lipinski definition) is 6. The Morgan fingerprint density at radius 2 is 0.528 bits per heavy atom. The molecular formula is C66H118O6. The maximum atomic E-state index is 12.7. The van der Waals surface area contributed by atoms with Crippen LogP contribution in [0.1, 0.15) is 323 Å². The fraction of sp³-hybridized carbons (Fsp3) is 0.803. The highest BCUT2D eigenvalue weighted by Gasteiger charge is 2.19. The molecule has 0 saturated heterocycles. The van der Waals surface area contributed by atoms with Crippen molar-refractivity contribution in [2.75, 3.05) is 13.2 Å². The van der Waals surface area contributed by atoms with Gasteiger partial charge < -0.3 is 14.2 Å². The van der Waals surface area contributed by atoms with Crippen LogP contribution in [0.15, 0.2) is 60.8 Å². The zero-order chi connectivity index (χ0) is 52.2. The molecule has 0 amide bonds. The zero-order valence-electron chi connectivity index (χ0n) is 47.9. The average Bonchev–Trinajstić information content (AvgIpc) is 3.38. The third-order valence-electron chi connectivity index (χ3n) is 13.8. The van der Waals surface area contributed by atoms with Gasteiger partial charge in [0.25, 0.3) is 0 Å². The second-order valence-corrected chi connectivity index (χ2v) is 21.0. The van der Waals surface area contributed by atoms with E-state index in [1.807, 2.05) is 6.08 Å². The second-order valence-electron chi connectivity index (χ2n) is 21.0. The molecule has 0 saturated carbocycles. The monoisotopic (exact) mass is 1010 g/mol. The summed E-state index contributed by atoms with van der Waals surface area (Å²) in [4.78, 5) is 37.7. The molecule has 1 unspecified atom stereocenters. The smallest absolute Gasteiger partial charge is 0.310 e. The van der Waals surface area contributed by atoms with Crippen LogP contribution in [-0.4, -0.2) is 37.2 Å². The molecule has 6 heteroatoms. The van der Waals surface area contributed by atoms with E-state index in [1.165, 1.54) is 199 Å². The highest BCUT2D eigenvalue weighted by atomic mass is 16.6. The van der Waals surface area contributed by atoms with Crippen molar-refractivity contribution in [2.24, 2.45) is 0 Å². The normalized spacial score (nSPS) is 12.4. The van der Waals surface area contributed by atoms with Gasteiger partial charge in [-0.25, -0.2) is 0 Å². The minimum atomic E-state index is -0.823. The van der Waals surface area contributed by atoms with Crippen molar-refractivity contribution in [3.63, 3.8) is 0 Å². The Morgan fingerprint density at radius 3 is 0.792 bits per heavy atom. The number of ether oxygens (including phenoxy) is 3. The summed E-state index contributed by atoms with van der Waals surface area (Å²) in [6, 6.07) is 0. The predicted molar refractivity (Wildman–Crippen MR) is 312 cm³/mol. The van der Waals surface area contributed by atoms with Crippen LogP contribution in [0.4, 0.5) is 0 Å². The van der Waals surface area contributed by atoms with Crippen molar-refractivity contribution in [3.8, 4) is 0 Å². The number of rotatable bonds is 57. The van der Waals surface area contributed by atoms with Crippen LogP contribution in [-0.2, 0) is 28.6 Å². The maximum absolute atomic E-state index is 12.7. The molecule has 0 aliphatic carbocycles. The van der Waals surface area contributed by atoms with E-state index < -0.39 is 12.1 Å². The summed E-state index contributed by atoms with van der Waals surface area (Å²) in [7, 11) is 0. The molecular weight excluding hydrogens is 889 g/mol. The molecule has 418 valence electrons. The number of carbonyl (C=O) groups is 3. The van der Waals surface area contributed by atoms with E-state index in [0.29, 0.717) is 12.8 Å². The predicted octanol–water partition coefficient (Wildman–Crippen LogP) is 21.2. The third-order valence-corrected chi connectivity index (χ3v) is 13.8. The summed E-state index contributed by atoms with van der Waals surface area (Å²) >= 11 is 0. The standard InChI is InChI=1S/C66H118O6/c1-4-7-10-13-15-17-19-21-23-24-25-26-27-28-29-30-31-32-33-34-35-36-37-38-39-40-41-43-44-46-48-50-53-56-59-65(68)71-62-63(61-70-64(67)58-55-52-12-9-6-3)72-66(69)60-57-54-51-49-47-45-42-22-20-18-16-14-11-8-5-2/h8,11,16,18,22,42,47,49,54,57,63H,4-7,9-10,12-15,17,19-21,23-41,43-46,48,50-53,55-56,58-62H2,1-3H3/b11-8-,18-16-,42-22-,49-47-,57-54-. The summed E-state index contributed by atoms with van der Waals surface area (Å²) in [5, 5.41) is 0. The molecule has 0 aliphatic heterocycles. The van der Waals surface area contributed by atoms with Crippen LogP contribution in [0.5, 0.6) is 0 Å². The first-order chi connectivity index (χ1) is 35.5. The molecule has 0 heterocycles. The van der Waals surface area contributed by atoms with Gasteiger partial charge in [-0.2, -0.15) is 0 Å². The van der Waals surface area contributed by atoms with Gasteiger partial charge in [-0.05, 0) is 44.9 Å². The Hall–Kier alpha value is -2.89. The highest BCUT2D eigenvalue weighted by molar-refractivity contribution is 5.72. The van der Waals surface area contributed by atoms with Crippen LogP contribution in [0.25, 0.3) is 0 Å². The zero-order valence-corrected chi connectivity index (χ0v) is 47.9. The van der Waals surface area contributed by atoms with E-state index in [1.54, 1.807) is 6.08 Å². The molecule has 0 radical (unpaired) electrons. The lowest BCUT2D eigenvalue weighted by Crippen LogP contribution is -2.30. The molecule has 0 aromatic rings. The lowest BCUT2D eigenvalue weighted by Gasteiger charge is -2.18. The minimum absolute atomic E-state index is 0.100. The van der Waals surface area contributed by atoms with E-state index in [4.69, 9.17) is 14.2 Å². The summed E-state index contributed by atoms with van der Waals surface area (Å²) in [5.74, 6) is -1.05. The number of hydrogen-bond donors (Lipinski definition) is 0. The Bertz CT molecular complexity index is 1290. The largest absolute Gasteiger partial charge is 0.462 e. The number of esters is 3. The van der Waals surface area contributed by atoms with E-state index in [9.17, 15) is 14.4 Å². The van der Waals surface area contributed by atoms with Gasteiger partial charge in [0, 0.05) is 12.8 Å². The van der Waals surface area contributed by atoms with Gasteiger partial charge in [0.1, 0.15) is 13.2 Å². The first-order valence-corrected chi connectivity index (χ1v) is 31.3. The lowest BCUT2D eigenvalue weighted by molar-refractivity contribution is -0.166. The molecule has 1 atom stereocenters. The number of unbranched alkanes of at least 4 members (excludes halogenated alkanes) is 37. The highest BCUT2D eigenvalue weighted by Crippen LogP contribution is 2.18. The molecule has 0 aromatic carbocycles. The number of carbonyl (C=O) groups excluding carboxylic acids is 3. The van der Waals surface area contributed by atoms with Crippen molar-refractivity contribution in [2.45, 2.75) is 329 Å². The van der Waals surface area contributed by atoms with Crippen molar-refractivity contribution in [1.82, 2.24) is 0 Å². The molecule has 0 aromatic heterocycles. The fourth-order valence-corrected chi connectivity index (χ4v) is 9.17. The summed E-state index contributed by atoms with van der Waals surface area (Å²) in [6.07, 6.45) is 77.7. The van der Waals surface area contributed by atoms with Crippen LogP contribution >= 0.6 is 0 Å². The van der Waals surface area contributed by atoms with Gasteiger partial charge in [-0.3, -0.25) is 14.4 Å². The molecule has 0 spiro atoms. The molecule has 0 bridgehead atoms. The molecule has 0 aliphatic rings. The van der Waals surface area contributed by atoms with E-state index in [0.717, 1.165) is 83.5 Å². The van der Waals surface area contributed by atoms with Crippen LogP contribution in [0, 0.1) is 0 Å². The van der Waals surface area contributed by atoms with Crippen LogP contribution < -0.4 is 0 Å². The number of allylic oxidation sites excluding steroid dienone is 9. The van der Waals surface area contributed by atoms with Crippen molar-refractivity contribution in [1.29, 1.82) is 0 Å². The molecule has 72 heavy (non-hydrogen) atoms. The second kappa shape index (κ2) is 60.7. The van der Waals surface area contributed by atoms with Gasteiger partial charge >= 0.3 is 17.9 Å². The van der Waals surface area contributed by atoms with Gasteiger partial charge in [-0.15, -0.1) is 0 Å².